The van der Waals surface area contributed by atoms with Crippen LogP contribution in [0.1, 0.15) is 32.1 Å². The first-order valence-corrected chi connectivity index (χ1v) is 13.6. The van der Waals surface area contributed by atoms with Crippen molar-refractivity contribution in [1.82, 2.24) is 24.3 Å². The second-order valence-electron chi connectivity index (χ2n) is 9.34. The van der Waals surface area contributed by atoms with E-state index in [2.05, 4.69) is 26.2 Å². The van der Waals surface area contributed by atoms with Crippen LogP contribution in [0.3, 0.4) is 0 Å². The van der Waals surface area contributed by atoms with E-state index in [4.69, 9.17) is 11.6 Å². The van der Waals surface area contributed by atoms with E-state index in [0.717, 1.165) is 16.5 Å². The quantitative estimate of drug-likeness (QED) is 0.292. The molecular weight excluding hydrogens is 582 g/mol. The lowest BCUT2D eigenvalue weighted by atomic mass is 10.1. The molecule has 5 aromatic rings. The van der Waals surface area contributed by atoms with E-state index in [1.54, 1.807) is 27.7 Å². The lowest BCUT2D eigenvalue weighted by molar-refractivity contribution is 0.0706. The average molecular weight is 605 g/mol. The van der Waals surface area contributed by atoms with Crippen LogP contribution in [0.2, 0.25) is 5.02 Å². The molecule has 0 spiro atoms. The zero-order valence-electron chi connectivity index (χ0n) is 20.7. The number of hydrogen-bond acceptors (Lipinski definition) is 3. The summed E-state index contributed by atoms with van der Waals surface area (Å²) in [6.07, 6.45) is 1.83. The molecule has 0 radical (unpaired) electrons. The smallest absolute Gasteiger partial charge is 0.333 e. The molecule has 2 N–H and O–H groups in total. The summed E-state index contributed by atoms with van der Waals surface area (Å²) in [5, 5.41) is 4.32. The number of imidazole rings is 1. The molecule has 6 rings (SSSR count). The highest BCUT2D eigenvalue weighted by Gasteiger charge is 2.32. The molecule has 1 aliphatic rings. The first-order chi connectivity index (χ1) is 18.9. The SMILES string of the molecule is O=C(NCc1ccccc1)c1c2n(c(=O)n1-c1ccc3[nH]ccc3c1)CCN(C(=O)c1ccc(Br)c(Cl)c1)C2. The van der Waals surface area contributed by atoms with Crippen molar-refractivity contribution in [1.29, 1.82) is 0 Å². The number of aromatic amines is 1. The standard InChI is InChI=1S/C29H23BrClN5O3/c30-22-8-6-20(15-23(22)31)28(38)34-12-13-35-25(17-34)26(27(37)33-16-18-4-2-1-3-5-18)36(29(35)39)21-7-9-24-19(14-21)10-11-32-24/h1-11,14-15,32H,12-13,16-17H2,(H,33,37). The molecule has 8 nitrogen and oxygen atoms in total. The molecule has 39 heavy (non-hydrogen) atoms. The van der Waals surface area contributed by atoms with Gasteiger partial charge < -0.3 is 15.2 Å². The molecule has 0 atom stereocenters. The van der Waals surface area contributed by atoms with Crippen LogP contribution >= 0.6 is 27.5 Å². The lowest BCUT2D eigenvalue weighted by Gasteiger charge is -2.28. The zero-order valence-corrected chi connectivity index (χ0v) is 23.0. The van der Waals surface area contributed by atoms with Crippen molar-refractivity contribution in [3.05, 3.63) is 121 Å². The molecule has 3 heterocycles. The summed E-state index contributed by atoms with van der Waals surface area (Å²) >= 11 is 9.59. The van der Waals surface area contributed by atoms with Gasteiger partial charge in [0.1, 0.15) is 5.69 Å². The highest BCUT2D eigenvalue weighted by Crippen LogP contribution is 2.26. The van der Waals surface area contributed by atoms with Gasteiger partial charge in [0.25, 0.3) is 11.8 Å². The Kier molecular flexibility index (Phi) is 6.62. The van der Waals surface area contributed by atoms with Crippen LogP contribution in [0.5, 0.6) is 0 Å². The average Bonchev–Trinajstić information content (AvgIpc) is 3.54. The predicted molar refractivity (Wildman–Crippen MR) is 153 cm³/mol. The maximum Gasteiger partial charge on any atom is 0.333 e. The number of aromatic nitrogens is 3. The zero-order chi connectivity index (χ0) is 27.1. The van der Waals surface area contributed by atoms with Crippen molar-refractivity contribution >= 4 is 50.2 Å². The van der Waals surface area contributed by atoms with E-state index in [0.29, 0.717) is 39.5 Å². The van der Waals surface area contributed by atoms with Crippen molar-refractivity contribution in [3.8, 4) is 5.69 Å². The Morgan fingerprint density at radius 3 is 2.62 bits per heavy atom. The van der Waals surface area contributed by atoms with Crippen molar-refractivity contribution in [3.63, 3.8) is 0 Å². The molecule has 2 aromatic heterocycles. The Morgan fingerprint density at radius 1 is 1.00 bits per heavy atom. The topological polar surface area (TPSA) is 92.1 Å². The number of halogens is 2. The summed E-state index contributed by atoms with van der Waals surface area (Å²) < 4.78 is 3.74. The third kappa shape index (κ3) is 4.68. The molecule has 196 valence electrons. The Balaban J connectivity index is 1.41. The Morgan fingerprint density at radius 2 is 1.82 bits per heavy atom. The first-order valence-electron chi connectivity index (χ1n) is 12.4. The van der Waals surface area contributed by atoms with E-state index < -0.39 is 0 Å². The maximum absolute atomic E-state index is 13.7. The van der Waals surface area contributed by atoms with Crippen molar-refractivity contribution in [2.24, 2.45) is 0 Å². The van der Waals surface area contributed by atoms with Gasteiger partial charge in [0, 0.05) is 46.8 Å². The summed E-state index contributed by atoms with van der Waals surface area (Å²) in [5.41, 5.74) is 3.27. The van der Waals surface area contributed by atoms with Gasteiger partial charge in [-0.2, -0.15) is 0 Å². The lowest BCUT2D eigenvalue weighted by Crippen LogP contribution is -2.41. The summed E-state index contributed by atoms with van der Waals surface area (Å²) in [5.74, 6) is -0.611. The molecule has 2 amide bonds. The van der Waals surface area contributed by atoms with E-state index in [-0.39, 0.29) is 36.3 Å². The van der Waals surface area contributed by atoms with Gasteiger partial charge in [-0.25, -0.2) is 4.79 Å². The molecule has 10 heteroatoms. The number of nitrogens with zero attached hydrogens (tertiary/aromatic N) is 3. The summed E-state index contributed by atoms with van der Waals surface area (Å²) in [4.78, 5) is 45.6. The molecule has 1 aliphatic heterocycles. The van der Waals surface area contributed by atoms with Gasteiger partial charge in [-0.1, -0.05) is 41.9 Å². The number of carbonyl (C=O) groups excluding carboxylic acids is 2. The summed E-state index contributed by atoms with van der Waals surface area (Å²) in [6, 6.07) is 22.1. The number of amides is 2. The Hall–Kier alpha value is -4.08. The van der Waals surface area contributed by atoms with Crippen LogP contribution in [-0.4, -0.2) is 37.4 Å². The third-order valence-corrected chi connectivity index (χ3v) is 8.17. The van der Waals surface area contributed by atoms with Crippen LogP contribution in [0.15, 0.2) is 88.3 Å². The van der Waals surface area contributed by atoms with Gasteiger partial charge in [0.05, 0.1) is 22.9 Å². The number of fused-ring (bicyclic) bond motifs is 2. The van der Waals surface area contributed by atoms with Crippen LogP contribution in [0.25, 0.3) is 16.6 Å². The van der Waals surface area contributed by atoms with Crippen molar-refractivity contribution in [2.45, 2.75) is 19.6 Å². The predicted octanol–water partition coefficient (Wildman–Crippen LogP) is 5.12. The molecule has 0 fully saturated rings. The van der Waals surface area contributed by atoms with E-state index in [1.165, 1.54) is 4.57 Å². The molecular formula is C29H23BrClN5O3. The van der Waals surface area contributed by atoms with E-state index in [1.807, 2.05) is 60.8 Å². The molecule has 0 saturated heterocycles. The molecule has 0 aliphatic carbocycles. The molecule has 0 unspecified atom stereocenters. The van der Waals surface area contributed by atoms with Crippen molar-refractivity contribution < 1.29 is 9.59 Å². The monoisotopic (exact) mass is 603 g/mol. The minimum atomic E-state index is -0.389. The van der Waals surface area contributed by atoms with E-state index in [9.17, 15) is 14.4 Å². The number of H-pyrrole nitrogens is 1. The van der Waals surface area contributed by atoms with Crippen LogP contribution < -0.4 is 11.0 Å². The van der Waals surface area contributed by atoms with Crippen LogP contribution in [-0.2, 0) is 19.6 Å². The Bertz CT molecular complexity index is 1790. The van der Waals surface area contributed by atoms with Crippen LogP contribution in [0, 0.1) is 0 Å². The van der Waals surface area contributed by atoms with Gasteiger partial charge in [-0.05, 0) is 64.0 Å². The normalized spacial score (nSPS) is 12.9. The number of hydrogen-bond donors (Lipinski definition) is 2. The van der Waals surface area contributed by atoms with Crippen LogP contribution in [0.4, 0.5) is 0 Å². The third-order valence-electron chi connectivity index (χ3n) is 6.94. The van der Waals surface area contributed by atoms with Gasteiger partial charge in [-0.3, -0.25) is 18.7 Å². The fourth-order valence-corrected chi connectivity index (χ4v) is 5.39. The first kappa shape index (κ1) is 25.2. The van der Waals surface area contributed by atoms with Gasteiger partial charge in [0.15, 0.2) is 0 Å². The molecule has 0 saturated carbocycles. The van der Waals surface area contributed by atoms with Gasteiger partial charge in [0.2, 0.25) is 0 Å². The summed E-state index contributed by atoms with van der Waals surface area (Å²) in [7, 11) is 0. The van der Waals surface area contributed by atoms with Gasteiger partial charge >= 0.3 is 5.69 Å². The van der Waals surface area contributed by atoms with Gasteiger partial charge in [-0.15, -0.1) is 0 Å². The minimum absolute atomic E-state index is 0.106. The largest absolute Gasteiger partial charge is 0.361 e. The minimum Gasteiger partial charge on any atom is -0.361 e. The number of rotatable bonds is 5. The molecule has 0 bridgehead atoms. The maximum atomic E-state index is 13.7. The second-order valence-corrected chi connectivity index (χ2v) is 10.6. The van der Waals surface area contributed by atoms with E-state index >= 15 is 0 Å². The van der Waals surface area contributed by atoms with Crippen molar-refractivity contribution in [2.75, 3.05) is 6.54 Å². The fraction of sp³-hybridized carbons (Fsp3) is 0.138. The highest BCUT2D eigenvalue weighted by molar-refractivity contribution is 9.10. The second kappa shape index (κ2) is 10.2. The fourth-order valence-electron chi connectivity index (χ4n) is 4.96. The highest BCUT2D eigenvalue weighted by atomic mass is 79.9. The molecule has 3 aromatic carbocycles. The number of nitrogens with one attached hydrogen (secondary N) is 2. The number of carbonyl (C=O) groups is 2. The summed E-state index contributed by atoms with van der Waals surface area (Å²) in [6.45, 7) is 0.999. The number of benzene rings is 3. The Labute approximate surface area is 236 Å².